The van der Waals surface area contributed by atoms with Crippen molar-refractivity contribution in [3.8, 4) is 0 Å². The van der Waals surface area contributed by atoms with Gasteiger partial charge in [0.25, 0.3) is 5.91 Å². The molecule has 2 unspecified atom stereocenters. The fourth-order valence-corrected chi connectivity index (χ4v) is 3.76. The second kappa shape index (κ2) is 8.58. The highest BCUT2D eigenvalue weighted by Crippen LogP contribution is 2.20. The molecule has 1 amide bonds. The molecule has 132 valence electrons. The Morgan fingerprint density at radius 1 is 1.25 bits per heavy atom. The molecular weight excluding hydrogens is 302 g/mol. The highest BCUT2D eigenvalue weighted by molar-refractivity contribution is 5.81. The molecule has 2 saturated heterocycles. The van der Waals surface area contributed by atoms with Gasteiger partial charge in [0.1, 0.15) is 6.10 Å². The van der Waals surface area contributed by atoms with Gasteiger partial charge in [-0.05, 0) is 57.7 Å². The van der Waals surface area contributed by atoms with E-state index in [-0.39, 0.29) is 12.0 Å². The Morgan fingerprint density at radius 2 is 2.17 bits per heavy atom. The quantitative estimate of drug-likeness (QED) is 0.850. The smallest absolute Gasteiger partial charge is 0.251 e. The molecule has 0 bridgehead atoms. The molecule has 0 radical (unpaired) electrons. The maximum absolute atomic E-state index is 12.7. The van der Waals surface area contributed by atoms with Gasteiger partial charge < -0.3 is 9.64 Å². The van der Waals surface area contributed by atoms with E-state index < -0.39 is 0 Å². The zero-order valence-corrected chi connectivity index (χ0v) is 14.7. The summed E-state index contributed by atoms with van der Waals surface area (Å²) in [6.45, 7) is 3.31. The summed E-state index contributed by atoms with van der Waals surface area (Å²) in [5.74, 6) is 0.211. The van der Waals surface area contributed by atoms with Crippen LogP contribution in [0.25, 0.3) is 0 Å². The molecule has 2 aliphatic heterocycles. The summed E-state index contributed by atoms with van der Waals surface area (Å²) < 4.78 is 5.68. The number of likely N-dealkylation sites (tertiary alicyclic amines) is 1. The minimum absolute atomic E-state index is 0.193. The summed E-state index contributed by atoms with van der Waals surface area (Å²) in [5, 5.41) is 0. The first-order valence-electron chi connectivity index (χ1n) is 9.24. The molecule has 2 fully saturated rings. The molecule has 0 saturated carbocycles. The maximum atomic E-state index is 12.7. The minimum Gasteiger partial charge on any atom is -0.368 e. The van der Waals surface area contributed by atoms with Crippen molar-refractivity contribution in [1.82, 2.24) is 14.8 Å². The van der Waals surface area contributed by atoms with E-state index >= 15 is 0 Å². The fourth-order valence-electron chi connectivity index (χ4n) is 3.76. The second-order valence-corrected chi connectivity index (χ2v) is 7.00. The molecule has 24 heavy (non-hydrogen) atoms. The summed E-state index contributed by atoms with van der Waals surface area (Å²) in [7, 11) is 2.17. The van der Waals surface area contributed by atoms with Crippen LogP contribution in [-0.4, -0.2) is 59.6 Å². The van der Waals surface area contributed by atoms with Crippen molar-refractivity contribution in [3.63, 3.8) is 0 Å². The van der Waals surface area contributed by atoms with Crippen molar-refractivity contribution in [3.05, 3.63) is 30.1 Å². The Balaban J connectivity index is 1.51. The van der Waals surface area contributed by atoms with Crippen LogP contribution in [0.5, 0.6) is 0 Å². The zero-order chi connectivity index (χ0) is 16.8. The van der Waals surface area contributed by atoms with Crippen LogP contribution in [0.4, 0.5) is 0 Å². The van der Waals surface area contributed by atoms with Gasteiger partial charge in [-0.25, -0.2) is 0 Å². The van der Waals surface area contributed by atoms with E-state index in [9.17, 15) is 4.79 Å². The first-order valence-corrected chi connectivity index (χ1v) is 9.24. The van der Waals surface area contributed by atoms with E-state index in [1.807, 2.05) is 23.2 Å². The number of amides is 1. The van der Waals surface area contributed by atoms with Crippen molar-refractivity contribution in [2.75, 3.05) is 26.7 Å². The monoisotopic (exact) mass is 331 g/mol. The number of aromatic nitrogens is 1. The number of carbonyl (C=O) groups is 1. The third-order valence-corrected chi connectivity index (χ3v) is 5.23. The topological polar surface area (TPSA) is 45.7 Å². The van der Waals surface area contributed by atoms with Crippen molar-refractivity contribution < 1.29 is 9.53 Å². The van der Waals surface area contributed by atoms with E-state index in [2.05, 4.69) is 23.0 Å². The SMILES string of the molecule is CN(Cc1ccccn1)C1CCCN(C(=O)C2CCCCO2)CC1. The molecule has 0 N–H and O–H groups in total. The summed E-state index contributed by atoms with van der Waals surface area (Å²) in [6, 6.07) is 6.57. The second-order valence-electron chi connectivity index (χ2n) is 7.00. The molecule has 0 spiro atoms. The highest BCUT2D eigenvalue weighted by atomic mass is 16.5. The predicted molar refractivity (Wildman–Crippen MR) is 93.5 cm³/mol. The van der Waals surface area contributed by atoms with Gasteiger partial charge in [-0.2, -0.15) is 0 Å². The Bertz CT molecular complexity index is 517. The van der Waals surface area contributed by atoms with Crippen LogP contribution in [-0.2, 0) is 16.1 Å². The molecule has 0 aromatic carbocycles. The van der Waals surface area contributed by atoms with Gasteiger partial charge in [0.05, 0.1) is 5.69 Å². The van der Waals surface area contributed by atoms with Crippen LogP contribution in [0.3, 0.4) is 0 Å². The van der Waals surface area contributed by atoms with Gasteiger partial charge in [0.15, 0.2) is 0 Å². The van der Waals surface area contributed by atoms with Crippen LogP contribution in [0.15, 0.2) is 24.4 Å². The first-order chi connectivity index (χ1) is 11.7. The Morgan fingerprint density at radius 3 is 2.92 bits per heavy atom. The molecular formula is C19H29N3O2. The average Bonchev–Trinajstić information content (AvgIpc) is 2.89. The van der Waals surface area contributed by atoms with Crippen molar-refractivity contribution in [2.45, 2.75) is 57.2 Å². The molecule has 3 rings (SSSR count). The van der Waals surface area contributed by atoms with E-state index in [0.717, 1.165) is 70.5 Å². The van der Waals surface area contributed by atoms with E-state index in [1.54, 1.807) is 0 Å². The molecule has 1 aromatic heterocycles. The Kier molecular flexibility index (Phi) is 6.21. The van der Waals surface area contributed by atoms with Crippen molar-refractivity contribution in [1.29, 1.82) is 0 Å². The number of nitrogens with zero attached hydrogens (tertiary/aromatic N) is 3. The lowest BCUT2D eigenvalue weighted by Gasteiger charge is -2.29. The lowest BCUT2D eigenvalue weighted by molar-refractivity contribution is -0.146. The van der Waals surface area contributed by atoms with Gasteiger partial charge in [0.2, 0.25) is 0 Å². The first kappa shape index (κ1) is 17.4. The normalized spacial score (nSPS) is 25.5. The van der Waals surface area contributed by atoms with Crippen LogP contribution in [0.2, 0.25) is 0 Å². The number of hydrogen-bond acceptors (Lipinski definition) is 4. The van der Waals surface area contributed by atoms with Gasteiger partial charge in [-0.1, -0.05) is 6.07 Å². The van der Waals surface area contributed by atoms with Crippen LogP contribution < -0.4 is 0 Å². The van der Waals surface area contributed by atoms with Crippen molar-refractivity contribution >= 4 is 5.91 Å². The van der Waals surface area contributed by atoms with Gasteiger partial charge in [-0.3, -0.25) is 14.7 Å². The molecule has 0 aliphatic carbocycles. The van der Waals surface area contributed by atoms with Crippen LogP contribution in [0.1, 0.15) is 44.2 Å². The van der Waals surface area contributed by atoms with E-state index in [4.69, 9.17) is 4.74 Å². The molecule has 1 aromatic rings. The maximum Gasteiger partial charge on any atom is 0.251 e. The van der Waals surface area contributed by atoms with Gasteiger partial charge in [-0.15, -0.1) is 0 Å². The summed E-state index contributed by atoms with van der Waals surface area (Å²) >= 11 is 0. The van der Waals surface area contributed by atoms with Crippen molar-refractivity contribution in [2.24, 2.45) is 0 Å². The minimum atomic E-state index is -0.193. The standard InChI is InChI=1S/C19H29N3O2/c1-21(15-16-7-2-4-11-20-16)17-8-6-12-22(13-10-17)19(23)18-9-3-5-14-24-18/h2,4,7,11,17-18H,3,5-6,8-10,12-15H2,1H3. The zero-order valence-electron chi connectivity index (χ0n) is 14.7. The molecule has 2 atom stereocenters. The molecule has 3 heterocycles. The molecule has 5 nitrogen and oxygen atoms in total. The van der Waals surface area contributed by atoms with Gasteiger partial charge in [0, 0.05) is 38.5 Å². The van der Waals surface area contributed by atoms with Crippen LogP contribution in [0, 0.1) is 0 Å². The third kappa shape index (κ3) is 4.54. The van der Waals surface area contributed by atoms with E-state index in [0.29, 0.717) is 6.04 Å². The number of pyridine rings is 1. The number of ether oxygens (including phenoxy) is 1. The number of carbonyl (C=O) groups excluding carboxylic acids is 1. The summed E-state index contributed by atoms with van der Waals surface area (Å²) in [5.41, 5.74) is 1.10. The number of hydrogen-bond donors (Lipinski definition) is 0. The number of rotatable bonds is 4. The Hall–Kier alpha value is -1.46. The predicted octanol–water partition coefficient (Wildman–Crippen LogP) is 2.46. The van der Waals surface area contributed by atoms with E-state index in [1.165, 1.54) is 0 Å². The summed E-state index contributed by atoms with van der Waals surface area (Å²) in [6.07, 6.45) is 7.97. The lowest BCUT2D eigenvalue weighted by atomic mass is 10.1. The fraction of sp³-hybridized carbons (Fsp3) is 0.684. The highest BCUT2D eigenvalue weighted by Gasteiger charge is 2.29. The largest absolute Gasteiger partial charge is 0.368 e. The molecule has 2 aliphatic rings. The third-order valence-electron chi connectivity index (χ3n) is 5.23. The average molecular weight is 331 g/mol. The molecule has 5 heteroatoms. The summed E-state index contributed by atoms with van der Waals surface area (Å²) in [4.78, 5) is 21.5. The Labute approximate surface area is 145 Å². The van der Waals surface area contributed by atoms with Gasteiger partial charge >= 0.3 is 0 Å². The van der Waals surface area contributed by atoms with Crippen LogP contribution >= 0.6 is 0 Å². The lowest BCUT2D eigenvalue weighted by Crippen LogP contribution is -2.42.